The molecule has 1 atom stereocenters. The molecule has 6 nitrogen and oxygen atoms in total. The fourth-order valence-corrected chi connectivity index (χ4v) is 5.70. The van der Waals surface area contributed by atoms with E-state index in [9.17, 15) is 9.59 Å². The number of fused-ring (bicyclic) bond motifs is 1. The summed E-state index contributed by atoms with van der Waals surface area (Å²) in [5.74, 6) is 0.0707. The third-order valence-corrected chi connectivity index (χ3v) is 7.43. The predicted molar refractivity (Wildman–Crippen MR) is 130 cm³/mol. The first kappa shape index (κ1) is 23.1. The smallest absolute Gasteiger partial charge is 0.264 e. The van der Waals surface area contributed by atoms with Crippen LogP contribution in [0.2, 0.25) is 10.0 Å². The topological polar surface area (TPSA) is 67.2 Å². The van der Waals surface area contributed by atoms with Gasteiger partial charge in [0.15, 0.2) is 0 Å². The van der Waals surface area contributed by atoms with E-state index in [1.165, 1.54) is 11.3 Å². The number of amides is 2. The lowest BCUT2D eigenvalue weighted by Gasteiger charge is -2.33. The first-order chi connectivity index (χ1) is 15.4. The quantitative estimate of drug-likeness (QED) is 0.508. The van der Waals surface area contributed by atoms with Gasteiger partial charge in [-0.05, 0) is 49.9 Å². The van der Waals surface area contributed by atoms with Gasteiger partial charge in [-0.2, -0.15) is 5.10 Å². The summed E-state index contributed by atoms with van der Waals surface area (Å²) >= 11 is 13.8. The summed E-state index contributed by atoms with van der Waals surface area (Å²) in [5.41, 5.74) is 1.80. The SMILES string of the molecule is CCCC(=O)NC1CCCN(C(=O)c2cc3c(C)nn(Cc4ccc(Cl)cc4Cl)c3s2)C1. The van der Waals surface area contributed by atoms with E-state index >= 15 is 0 Å². The molecule has 170 valence electrons. The van der Waals surface area contributed by atoms with Gasteiger partial charge in [-0.3, -0.25) is 14.3 Å². The predicted octanol–water partition coefficient (Wildman–Crippen LogP) is 5.28. The molecule has 3 heterocycles. The summed E-state index contributed by atoms with van der Waals surface area (Å²) in [5, 5.41) is 9.88. The van der Waals surface area contributed by atoms with Crippen LogP contribution in [0, 0.1) is 6.92 Å². The molecular formula is C23H26Cl2N4O2S. The molecular weight excluding hydrogens is 467 g/mol. The van der Waals surface area contributed by atoms with E-state index < -0.39 is 0 Å². The molecule has 0 bridgehead atoms. The van der Waals surface area contributed by atoms with Gasteiger partial charge < -0.3 is 10.2 Å². The normalized spacial score (nSPS) is 16.5. The third kappa shape index (κ3) is 4.95. The minimum atomic E-state index is 0.0103. The molecule has 4 rings (SSSR count). The number of thiophene rings is 1. The van der Waals surface area contributed by atoms with Crippen molar-refractivity contribution in [1.82, 2.24) is 20.0 Å². The number of nitrogens with zero attached hydrogens (tertiary/aromatic N) is 3. The highest BCUT2D eigenvalue weighted by Crippen LogP contribution is 2.31. The van der Waals surface area contributed by atoms with Crippen molar-refractivity contribution >= 4 is 56.6 Å². The van der Waals surface area contributed by atoms with Crippen LogP contribution >= 0.6 is 34.5 Å². The van der Waals surface area contributed by atoms with Crippen LogP contribution in [0.1, 0.15) is 53.5 Å². The molecule has 1 aromatic carbocycles. The van der Waals surface area contributed by atoms with Crippen LogP contribution in [0.5, 0.6) is 0 Å². The van der Waals surface area contributed by atoms with Crippen LogP contribution in [0.25, 0.3) is 10.2 Å². The van der Waals surface area contributed by atoms with Crippen LogP contribution in [-0.2, 0) is 11.3 Å². The van der Waals surface area contributed by atoms with E-state index in [4.69, 9.17) is 23.2 Å². The van der Waals surface area contributed by atoms with Crippen LogP contribution < -0.4 is 5.32 Å². The van der Waals surface area contributed by atoms with Gasteiger partial charge in [-0.15, -0.1) is 11.3 Å². The van der Waals surface area contributed by atoms with Gasteiger partial charge >= 0.3 is 0 Å². The minimum Gasteiger partial charge on any atom is -0.352 e. The Morgan fingerprint density at radius 2 is 2.09 bits per heavy atom. The first-order valence-electron chi connectivity index (χ1n) is 10.8. The van der Waals surface area contributed by atoms with Crippen LogP contribution in [-0.4, -0.2) is 45.6 Å². The zero-order valence-corrected chi connectivity index (χ0v) is 20.5. The van der Waals surface area contributed by atoms with Gasteiger partial charge in [0, 0.05) is 41.0 Å². The van der Waals surface area contributed by atoms with E-state index in [1.54, 1.807) is 6.07 Å². The second-order valence-electron chi connectivity index (χ2n) is 8.22. The van der Waals surface area contributed by atoms with Crippen molar-refractivity contribution < 1.29 is 9.59 Å². The lowest BCUT2D eigenvalue weighted by Crippen LogP contribution is -2.49. The number of nitrogens with one attached hydrogen (secondary N) is 1. The zero-order chi connectivity index (χ0) is 22.8. The minimum absolute atomic E-state index is 0.0103. The molecule has 0 spiro atoms. The molecule has 1 saturated heterocycles. The Balaban J connectivity index is 1.53. The van der Waals surface area contributed by atoms with Crippen LogP contribution in [0.4, 0.5) is 0 Å². The summed E-state index contributed by atoms with van der Waals surface area (Å²) in [4.78, 5) is 28.7. The highest BCUT2D eigenvalue weighted by molar-refractivity contribution is 7.20. The molecule has 1 aliphatic rings. The molecule has 1 N–H and O–H groups in total. The molecule has 32 heavy (non-hydrogen) atoms. The zero-order valence-electron chi connectivity index (χ0n) is 18.2. The number of carbonyl (C=O) groups excluding carboxylic acids is 2. The first-order valence-corrected chi connectivity index (χ1v) is 12.4. The van der Waals surface area contributed by atoms with Crippen molar-refractivity contribution in [3.8, 4) is 0 Å². The second-order valence-corrected chi connectivity index (χ2v) is 10.1. The average molecular weight is 493 g/mol. The van der Waals surface area contributed by atoms with Gasteiger partial charge in [-0.1, -0.05) is 36.2 Å². The van der Waals surface area contributed by atoms with Crippen molar-refractivity contribution in [3.05, 3.63) is 50.4 Å². The van der Waals surface area contributed by atoms with E-state index in [2.05, 4.69) is 10.4 Å². The molecule has 0 radical (unpaired) electrons. The van der Waals surface area contributed by atoms with Gasteiger partial charge in [0.1, 0.15) is 4.83 Å². The molecule has 0 saturated carbocycles. The molecule has 1 unspecified atom stereocenters. The molecule has 2 amide bonds. The van der Waals surface area contributed by atoms with E-state index in [0.717, 1.165) is 40.7 Å². The number of aromatic nitrogens is 2. The maximum atomic E-state index is 13.3. The largest absolute Gasteiger partial charge is 0.352 e. The average Bonchev–Trinajstić information content (AvgIpc) is 3.31. The molecule has 3 aromatic rings. The fourth-order valence-electron chi connectivity index (χ4n) is 4.10. The highest BCUT2D eigenvalue weighted by atomic mass is 35.5. The summed E-state index contributed by atoms with van der Waals surface area (Å²) in [7, 11) is 0. The Morgan fingerprint density at radius 3 is 2.84 bits per heavy atom. The molecule has 1 fully saturated rings. The van der Waals surface area contributed by atoms with Crippen molar-refractivity contribution in [2.45, 2.75) is 52.1 Å². The number of aryl methyl sites for hydroxylation is 1. The van der Waals surface area contributed by atoms with Crippen molar-refractivity contribution in [1.29, 1.82) is 0 Å². The van der Waals surface area contributed by atoms with Gasteiger partial charge in [0.25, 0.3) is 5.91 Å². The van der Waals surface area contributed by atoms with Gasteiger partial charge in [0.05, 0.1) is 17.1 Å². The van der Waals surface area contributed by atoms with Crippen molar-refractivity contribution in [2.24, 2.45) is 0 Å². The Labute approximate surface area is 201 Å². The van der Waals surface area contributed by atoms with E-state index in [0.29, 0.717) is 41.0 Å². The van der Waals surface area contributed by atoms with Gasteiger partial charge in [0.2, 0.25) is 5.91 Å². The Hall–Kier alpha value is -2.09. The number of hydrogen-bond acceptors (Lipinski definition) is 4. The van der Waals surface area contributed by atoms with Crippen molar-refractivity contribution in [2.75, 3.05) is 13.1 Å². The summed E-state index contributed by atoms with van der Waals surface area (Å²) in [6.45, 7) is 5.70. The Morgan fingerprint density at radius 1 is 1.28 bits per heavy atom. The van der Waals surface area contributed by atoms with Crippen molar-refractivity contribution in [3.63, 3.8) is 0 Å². The second kappa shape index (κ2) is 9.81. The summed E-state index contributed by atoms with van der Waals surface area (Å²) in [6.07, 6.45) is 3.13. The third-order valence-electron chi connectivity index (χ3n) is 5.70. The molecule has 9 heteroatoms. The Bertz CT molecular complexity index is 1160. The Kier molecular flexibility index (Phi) is 7.08. The standard InChI is InChI=1S/C23H26Cl2N4O2S/c1-3-5-21(30)26-17-6-4-9-28(13-17)22(31)20-11-18-14(2)27-29(23(18)32-20)12-15-7-8-16(24)10-19(15)25/h7-8,10-11,17H,3-6,9,12-13H2,1-2H3,(H,26,30). The number of hydrogen-bond donors (Lipinski definition) is 1. The number of carbonyl (C=O) groups is 2. The molecule has 2 aromatic heterocycles. The maximum absolute atomic E-state index is 13.3. The van der Waals surface area contributed by atoms with E-state index in [-0.39, 0.29) is 17.9 Å². The molecule has 0 aliphatic carbocycles. The fraction of sp³-hybridized carbons (Fsp3) is 0.435. The number of halogens is 2. The lowest BCUT2D eigenvalue weighted by atomic mass is 10.1. The lowest BCUT2D eigenvalue weighted by molar-refractivity contribution is -0.122. The number of likely N-dealkylation sites (tertiary alicyclic amines) is 1. The monoisotopic (exact) mass is 492 g/mol. The summed E-state index contributed by atoms with van der Waals surface area (Å²) < 4.78 is 1.89. The van der Waals surface area contributed by atoms with Crippen LogP contribution in [0.3, 0.4) is 0 Å². The number of piperidine rings is 1. The summed E-state index contributed by atoms with van der Waals surface area (Å²) in [6, 6.07) is 7.38. The highest BCUT2D eigenvalue weighted by Gasteiger charge is 2.27. The van der Waals surface area contributed by atoms with Crippen LogP contribution in [0.15, 0.2) is 24.3 Å². The number of rotatable bonds is 6. The van der Waals surface area contributed by atoms with E-state index in [1.807, 2.05) is 41.6 Å². The van der Waals surface area contributed by atoms with Gasteiger partial charge in [-0.25, -0.2) is 0 Å². The maximum Gasteiger partial charge on any atom is 0.264 e. The number of benzene rings is 1. The molecule has 1 aliphatic heterocycles.